The van der Waals surface area contributed by atoms with Crippen molar-refractivity contribution in [2.75, 3.05) is 26.2 Å². The molecule has 0 aliphatic carbocycles. The summed E-state index contributed by atoms with van der Waals surface area (Å²) in [6, 6.07) is 9.58. The second-order valence-corrected chi connectivity index (χ2v) is 8.36. The molecule has 0 spiro atoms. The average molecular weight is 389 g/mol. The number of rotatable bonds is 4. The van der Waals surface area contributed by atoms with Crippen molar-refractivity contribution < 1.29 is 17.7 Å². The molecule has 1 amide bonds. The second kappa shape index (κ2) is 8.06. The van der Waals surface area contributed by atoms with Crippen LogP contribution < -0.4 is 0 Å². The zero-order valence-electron chi connectivity index (χ0n) is 15.5. The molecule has 2 aromatic rings. The van der Waals surface area contributed by atoms with Gasteiger partial charge in [0.15, 0.2) is 5.76 Å². The molecule has 1 aromatic heterocycles. The molecule has 0 atom stereocenters. The van der Waals surface area contributed by atoms with Gasteiger partial charge in [-0.3, -0.25) is 4.79 Å². The first-order valence-electron chi connectivity index (χ1n) is 8.84. The summed E-state index contributed by atoms with van der Waals surface area (Å²) in [5.74, 6) is 0.172. The summed E-state index contributed by atoms with van der Waals surface area (Å²) in [5.41, 5.74) is 1.30. The first-order chi connectivity index (χ1) is 12.9. The summed E-state index contributed by atoms with van der Waals surface area (Å²) in [5, 5.41) is 3.74. The van der Waals surface area contributed by atoms with Crippen molar-refractivity contribution in [3.8, 4) is 0 Å². The third kappa shape index (κ3) is 4.28. The summed E-state index contributed by atoms with van der Waals surface area (Å²) in [6.07, 6.45) is 3.88. The highest BCUT2D eigenvalue weighted by Gasteiger charge is 2.32. The Morgan fingerprint density at radius 1 is 1.11 bits per heavy atom. The Kier molecular flexibility index (Phi) is 5.76. The number of aromatic nitrogens is 1. The van der Waals surface area contributed by atoms with Crippen LogP contribution in [0, 0.1) is 13.8 Å². The van der Waals surface area contributed by atoms with Gasteiger partial charge in [0.25, 0.3) is 0 Å². The summed E-state index contributed by atoms with van der Waals surface area (Å²) < 4.78 is 32.3. The van der Waals surface area contributed by atoms with Crippen LogP contribution in [0.2, 0.25) is 0 Å². The Bertz CT molecular complexity index is 916. The van der Waals surface area contributed by atoms with E-state index in [1.807, 2.05) is 30.3 Å². The third-order valence-electron chi connectivity index (χ3n) is 4.55. The molecule has 1 fully saturated rings. The van der Waals surface area contributed by atoms with E-state index in [1.54, 1.807) is 24.8 Å². The third-order valence-corrected chi connectivity index (χ3v) is 6.69. The van der Waals surface area contributed by atoms with E-state index in [4.69, 9.17) is 4.52 Å². The van der Waals surface area contributed by atoms with E-state index in [1.165, 1.54) is 10.4 Å². The Hall–Kier alpha value is -2.45. The van der Waals surface area contributed by atoms with Crippen LogP contribution in [0.1, 0.15) is 23.4 Å². The molecule has 8 heteroatoms. The summed E-state index contributed by atoms with van der Waals surface area (Å²) in [7, 11) is -3.69. The predicted octanol–water partition coefficient (Wildman–Crippen LogP) is 2.23. The lowest BCUT2D eigenvalue weighted by molar-refractivity contribution is -0.125. The number of hydrogen-bond acceptors (Lipinski definition) is 5. The first kappa shape index (κ1) is 19.3. The van der Waals surface area contributed by atoms with Crippen molar-refractivity contribution in [3.63, 3.8) is 0 Å². The van der Waals surface area contributed by atoms with Crippen LogP contribution in [-0.2, 0) is 14.8 Å². The van der Waals surface area contributed by atoms with Gasteiger partial charge in [0.2, 0.25) is 15.9 Å². The fourth-order valence-electron chi connectivity index (χ4n) is 3.16. The molecule has 0 N–H and O–H groups in total. The number of aryl methyl sites for hydroxylation is 2. The van der Waals surface area contributed by atoms with Crippen molar-refractivity contribution in [1.82, 2.24) is 14.4 Å². The molecule has 7 nitrogen and oxygen atoms in total. The minimum Gasteiger partial charge on any atom is -0.360 e. The molecule has 0 saturated carbocycles. The van der Waals surface area contributed by atoms with Crippen LogP contribution in [-0.4, -0.2) is 54.9 Å². The fourth-order valence-corrected chi connectivity index (χ4v) is 4.92. The lowest BCUT2D eigenvalue weighted by Crippen LogP contribution is -2.37. The molecule has 1 saturated heterocycles. The number of amides is 1. The quantitative estimate of drug-likeness (QED) is 0.749. The number of benzene rings is 1. The Labute approximate surface area is 159 Å². The number of nitrogens with zero attached hydrogens (tertiary/aromatic N) is 3. The van der Waals surface area contributed by atoms with E-state index >= 15 is 0 Å². The maximum atomic E-state index is 12.9. The van der Waals surface area contributed by atoms with Crippen molar-refractivity contribution >= 4 is 22.0 Å². The van der Waals surface area contributed by atoms with Gasteiger partial charge in [-0.15, -0.1) is 0 Å². The van der Waals surface area contributed by atoms with Gasteiger partial charge in [-0.25, -0.2) is 8.42 Å². The van der Waals surface area contributed by atoms with Gasteiger partial charge in [0, 0.05) is 32.3 Å². The van der Waals surface area contributed by atoms with Crippen molar-refractivity contribution in [3.05, 3.63) is 53.4 Å². The van der Waals surface area contributed by atoms with Gasteiger partial charge in [-0.1, -0.05) is 35.5 Å². The van der Waals surface area contributed by atoms with E-state index in [0.717, 1.165) is 5.56 Å². The maximum absolute atomic E-state index is 12.9. The molecular weight excluding hydrogens is 366 g/mol. The van der Waals surface area contributed by atoms with Gasteiger partial charge in [0.05, 0.1) is 0 Å². The van der Waals surface area contributed by atoms with E-state index in [-0.39, 0.29) is 23.1 Å². The normalized spacial score (nSPS) is 16.6. The van der Waals surface area contributed by atoms with E-state index < -0.39 is 10.0 Å². The molecule has 0 unspecified atom stereocenters. The van der Waals surface area contributed by atoms with Gasteiger partial charge >= 0.3 is 0 Å². The molecule has 0 radical (unpaired) electrons. The summed E-state index contributed by atoms with van der Waals surface area (Å²) in [4.78, 5) is 14.3. The van der Waals surface area contributed by atoms with Crippen LogP contribution in [0.15, 0.2) is 45.8 Å². The highest BCUT2D eigenvalue weighted by atomic mass is 32.2. The van der Waals surface area contributed by atoms with E-state index in [0.29, 0.717) is 31.7 Å². The van der Waals surface area contributed by atoms with Crippen LogP contribution in [0.4, 0.5) is 0 Å². The van der Waals surface area contributed by atoms with E-state index in [9.17, 15) is 13.2 Å². The molecule has 1 aliphatic heterocycles. The first-order valence-corrected chi connectivity index (χ1v) is 10.3. The number of carbonyl (C=O) groups is 1. The maximum Gasteiger partial charge on any atom is 0.248 e. The Balaban J connectivity index is 1.68. The molecule has 1 aliphatic rings. The van der Waals surface area contributed by atoms with Crippen molar-refractivity contribution in [1.29, 1.82) is 0 Å². The molecular formula is C19H23N3O4S. The average Bonchev–Trinajstić information content (AvgIpc) is 2.86. The van der Waals surface area contributed by atoms with Crippen molar-refractivity contribution in [2.45, 2.75) is 25.2 Å². The Morgan fingerprint density at radius 3 is 2.52 bits per heavy atom. The highest BCUT2D eigenvalue weighted by Crippen LogP contribution is 2.24. The fraction of sp³-hybridized carbons (Fsp3) is 0.368. The van der Waals surface area contributed by atoms with Crippen LogP contribution in [0.25, 0.3) is 6.08 Å². The summed E-state index contributed by atoms with van der Waals surface area (Å²) >= 11 is 0. The standard InChI is InChI=1S/C19H23N3O4S/c1-15-19(16(2)26-20-15)27(24,25)22-12-6-11-21(13-14-22)18(23)10-9-17-7-4-3-5-8-17/h3-5,7-10H,6,11-14H2,1-2H3/b10-9+. The lowest BCUT2D eigenvalue weighted by Gasteiger charge is -2.21. The molecule has 0 bridgehead atoms. The Morgan fingerprint density at radius 2 is 1.85 bits per heavy atom. The molecule has 3 rings (SSSR count). The molecule has 144 valence electrons. The zero-order valence-corrected chi connectivity index (χ0v) is 16.3. The lowest BCUT2D eigenvalue weighted by atomic mass is 10.2. The van der Waals surface area contributed by atoms with Crippen LogP contribution in [0.5, 0.6) is 0 Å². The zero-order chi connectivity index (χ0) is 19.4. The van der Waals surface area contributed by atoms with Crippen LogP contribution in [0.3, 0.4) is 0 Å². The topological polar surface area (TPSA) is 83.7 Å². The van der Waals surface area contributed by atoms with Gasteiger partial charge < -0.3 is 9.42 Å². The smallest absolute Gasteiger partial charge is 0.248 e. The second-order valence-electron chi connectivity index (χ2n) is 6.48. The monoisotopic (exact) mass is 389 g/mol. The molecule has 2 heterocycles. The summed E-state index contributed by atoms with van der Waals surface area (Å²) in [6.45, 7) is 4.68. The number of carbonyl (C=O) groups excluding carboxylic acids is 1. The van der Waals surface area contributed by atoms with Gasteiger partial charge in [-0.05, 0) is 31.9 Å². The van der Waals surface area contributed by atoms with Gasteiger partial charge in [-0.2, -0.15) is 4.31 Å². The molecule has 27 heavy (non-hydrogen) atoms. The van der Waals surface area contributed by atoms with Gasteiger partial charge in [0.1, 0.15) is 10.6 Å². The minimum atomic E-state index is -3.69. The predicted molar refractivity (Wildman–Crippen MR) is 101 cm³/mol. The van der Waals surface area contributed by atoms with E-state index in [2.05, 4.69) is 5.16 Å². The highest BCUT2D eigenvalue weighted by molar-refractivity contribution is 7.89. The number of hydrogen-bond donors (Lipinski definition) is 0. The SMILES string of the molecule is Cc1noc(C)c1S(=O)(=O)N1CCCN(C(=O)/C=C/c2ccccc2)CC1. The van der Waals surface area contributed by atoms with Crippen LogP contribution >= 0.6 is 0 Å². The minimum absolute atomic E-state index is 0.115. The molecule has 1 aromatic carbocycles. The van der Waals surface area contributed by atoms with Crippen molar-refractivity contribution in [2.24, 2.45) is 0 Å². The number of sulfonamides is 1. The largest absolute Gasteiger partial charge is 0.360 e.